The van der Waals surface area contributed by atoms with Gasteiger partial charge in [0.25, 0.3) is 23.6 Å². The smallest absolute Gasteiger partial charge is 0.330 e. The number of carbonyl (C=O) groups is 4. The number of nitrogens with one attached hydrogen (secondary N) is 4. The fourth-order valence-electron chi connectivity index (χ4n) is 4.75. The second-order valence-corrected chi connectivity index (χ2v) is 15.2. The van der Waals surface area contributed by atoms with Crippen molar-refractivity contribution in [1.82, 2.24) is 9.97 Å². The summed E-state index contributed by atoms with van der Waals surface area (Å²) in [5.74, 6) is -3.23. The summed E-state index contributed by atoms with van der Waals surface area (Å²) in [5, 5.41) is 12.9. The first kappa shape index (κ1) is 42.1. The van der Waals surface area contributed by atoms with Gasteiger partial charge in [0.2, 0.25) is 0 Å². The lowest BCUT2D eigenvalue weighted by molar-refractivity contribution is -0.138. The monoisotopic (exact) mass is 854 g/mol. The lowest BCUT2D eigenvalue weighted by Crippen LogP contribution is -2.21. The van der Waals surface area contributed by atoms with E-state index in [-0.39, 0.29) is 66.9 Å². The Bertz CT molecular complexity index is 2070. The standard InChI is InChI=1S/C34H28F6N8O4S4/c35-33(36,37)17-11-19(27(55-9-5-41)21(13-17)47-31(51)25-3-1-7-53-25)45-29(49)23-15-24(44-16-43-23)30(50)46-20-12-18(34(38,39)40)14-22(28(20)56-10-6-42)48-32(52)26-4-2-8-54-26/h1-4,7-8,11-16H,5-6,9-10,41-42H2,(H,45,49)(H,46,50)(H,47,51)(H,48,52). The molecule has 0 aliphatic carbocycles. The van der Waals surface area contributed by atoms with Crippen LogP contribution in [0.4, 0.5) is 49.1 Å². The minimum absolute atomic E-state index is 0.0442. The van der Waals surface area contributed by atoms with Gasteiger partial charge in [0.1, 0.15) is 17.7 Å². The molecular formula is C34H28F6N8O4S4. The summed E-state index contributed by atoms with van der Waals surface area (Å²) in [4.78, 5) is 60.9. The van der Waals surface area contributed by atoms with Crippen molar-refractivity contribution in [2.24, 2.45) is 11.5 Å². The fourth-order valence-corrected chi connectivity index (χ4v) is 7.69. The highest BCUT2D eigenvalue weighted by molar-refractivity contribution is 7.99. The third kappa shape index (κ3) is 10.6. The Morgan fingerprint density at radius 3 is 1.25 bits per heavy atom. The molecule has 294 valence electrons. The number of thioether (sulfide) groups is 2. The van der Waals surface area contributed by atoms with E-state index in [9.17, 15) is 45.5 Å². The van der Waals surface area contributed by atoms with E-state index >= 15 is 0 Å². The summed E-state index contributed by atoms with van der Waals surface area (Å²) in [6, 6.07) is 9.77. The van der Waals surface area contributed by atoms with Crippen molar-refractivity contribution in [3.8, 4) is 0 Å². The van der Waals surface area contributed by atoms with Crippen LogP contribution in [0.2, 0.25) is 0 Å². The van der Waals surface area contributed by atoms with Crippen molar-refractivity contribution in [2.75, 3.05) is 45.9 Å². The van der Waals surface area contributed by atoms with Gasteiger partial charge in [-0.3, -0.25) is 19.2 Å². The molecule has 0 bridgehead atoms. The number of aromatic nitrogens is 2. The van der Waals surface area contributed by atoms with E-state index in [0.29, 0.717) is 12.1 Å². The SMILES string of the molecule is NCCSc1c(NC(=O)c2cc(C(=O)Nc3cc(C(F)(F)F)cc(NC(=O)c4cccs4)c3SCCN)ncn2)cc(C(F)(F)F)cc1NC(=O)c1cccs1. The van der Waals surface area contributed by atoms with Gasteiger partial charge in [-0.15, -0.1) is 46.2 Å². The lowest BCUT2D eigenvalue weighted by atomic mass is 10.1. The Morgan fingerprint density at radius 1 is 0.589 bits per heavy atom. The Hall–Kier alpha value is -5.00. The Morgan fingerprint density at radius 2 is 0.946 bits per heavy atom. The lowest BCUT2D eigenvalue weighted by Gasteiger charge is -2.19. The molecule has 2 aromatic carbocycles. The van der Waals surface area contributed by atoms with E-state index in [0.717, 1.165) is 70.7 Å². The zero-order valence-electron chi connectivity index (χ0n) is 28.3. The molecule has 0 spiro atoms. The number of hydrogen-bond acceptors (Lipinski definition) is 12. The quantitative estimate of drug-likeness (QED) is 0.0475. The van der Waals surface area contributed by atoms with Gasteiger partial charge in [-0.05, 0) is 47.2 Å². The van der Waals surface area contributed by atoms with E-state index < -0.39 is 58.5 Å². The highest BCUT2D eigenvalue weighted by atomic mass is 32.2. The Kier molecular flexibility index (Phi) is 13.8. The molecule has 5 rings (SSSR count). The first-order valence-corrected chi connectivity index (χ1v) is 19.6. The number of nitrogens with zero attached hydrogens (tertiary/aromatic N) is 2. The largest absolute Gasteiger partial charge is 0.416 e. The second kappa shape index (κ2) is 18.3. The predicted octanol–water partition coefficient (Wildman–Crippen LogP) is 7.75. The molecule has 0 saturated carbocycles. The first-order valence-electron chi connectivity index (χ1n) is 15.9. The van der Waals surface area contributed by atoms with Crippen LogP contribution in [0.15, 0.2) is 81.5 Å². The molecule has 12 nitrogen and oxygen atoms in total. The molecule has 0 saturated heterocycles. The topological polar surface area (TPSA) is 194 Å². The van der Waals surface area contributed by atoms with E-state index in [4.69, 9.17) is 11.5 Å². The molecule has 56 heavy (non-hydrogen) atoms. The minimum Gasteiger partial charge on any atom is -0.330 e. The highest BCUT2D eigenvalue weighted by Crippen LogP contribution is 2.43. The summed E-state index contributed by atoms with van der Waals surface area (Å²) in [6.45, 7) is 0.172. The van der Waals surface area contributed by atoms with Gasteiger partial charge in [0, 0.05) is 30.7 Å². The number of hydrogen-bond donors (Lipinski definition) is 6. The number of benzene rings is 2. The highest BCUT2D eigenvalue weighted by Gasteiger charge is 2.35. The molecule has 0 fully saturated rings. The summed E-state index contributed by atoms with van der Waals surface area (Å²) >= 11 is 4.04. The van der Waals surface area contributed by atoms with Crippen LogP contribution < -0.4 is 32.7 Å². The molecule has 0 atom stereocenters. The maximum atomic E-state index is 14.1. The van der Waals surface area contributed by atoms with Crippen molar-refractivity contribution >= 4 is 92.6 Å². The molecule has 8 N–H and O–H groups in total. The van der Waals surface area contributed by atoms with Crippen molar-refractivity contribution < 1.29 is 45.5 Å². The summed E-state index contributed by atoms with van der Waals surface area (Å²) in [5.41, 5.74) is 6.63. The van der Waals surface area contributed by atoms with Gasteiger partial charge < -0.3 is 32.7 Å². The third-order valence-electron chi connectivity index (χ3n) is 7.18. The maximum absolute atomic E-state index is 14.1. The van der Waals surface area contributed by atoms with Gasteiger partial charge in [0.05, 0.1) is 53.4 Å². The van der Waals surface area contributed by atoms with Crippen LogP contribution in [0.5, 0.6) is 0 Å². The number of amides is 4. The number of thiophene rings is 2. The molecule has 22 heteroatoms. The Balaban J connectivity index is 1.47. The van der Waals surface area contributed by atoms with Gasteiger partial charge in [-0.2, -0.15) is 26.3 Å². The van der Waals surface area contributed by atoms with Crippen LogP contribution in [0.3, 0.4) is 0 Å². The maximum Gasteiger partial charge on any atom is 0.416 e. The molecular weight excluding hydrogens is 827 g/mol. The zero-order chi connectivity index (χ0) is 40.6. The molecule has 0 unspecified atom stereocenters. The van der Waals surface area contributed by atoms with Crippen LogP contribution in [0.25, 0.3) is 0 Å². The number of halogens is 6. The van der Waals surface area contributed by atoms with Gasteiger partial charge in [-0.1, -0.05) is 12.1 Å². The molecule has 3 aromatic heterocycles. The molecule has 0 radical (unpaired) electrons. The minimum atomic E-state index is -4.91. The van der Waals surface area contributed by atoms with E-state index in [2.05, 4.69) is 31.2 Å². The van der Waals surface area contributed by atoms with Crippen LogP contribution in [0, 0.1) is 0 Å². The number of anilines is 4. The van der Waals surface area contributed by atoms with Crippen molar-refractivity contribution in [2.45, 2.75) is 22.1 Å². The van der Waals surface area contributed by atoms with Crippen LogP contribution in [-0.4, -0.2) is 58.2 Å². The fraction of sp³-hybridized carbons (Fsp3) is 0.176. The van der Waals surface area contributed by atoms with Gasteiger partial charge >= 0.3 is 12.4 Å². The number of alkyl halides is 6. The molecule has 0 aliphatic heterocycles. The van der Waals surface area contributed by atoms with Crippen molar-refractivity contribution in [3.63, 3.8) is 0 Å². The van der Waals surface area contributed by atoms with E-state index in [1.807, 2.05) is 0 Å². The second-order valence-electron chi connectivity index (χ2n) is 11.1. The summed E-state index contributed by atoms with van der Waals surface area (Å²) < 4.78 is 84.3. The molecule has 4 amide bonds. The Labute approximate surface area is 330 Å². The summed E-state index contributed by atoms with van der Waals surface area (Å²) in [7, 11) is 0. The average Bonchev–Trinajstić information content (AvgIpc) is 3.89. The number of rotatable bonds is 14. The number of nitrogens with two attached hydrogens (primary N) is 2. The van der Waals surface area contributed by atoms with Crippen LogP contribution in [0.1, 0.15) is 51.4 Å². The average molecular weight is 855 g/mol. The van der Waals surface area contributed by atoms with Gasteiger partial charge in [0.15, 0.2) is 0 Å². The molecule has 5 aromatic rings. The number of carbonyl (C=O) groups excluding carboxylic acids is 4. The first-order chi connectivity index (χ1) is 26.6. The normalized spacial score (nSPS) is 11.6. The van der Waals surface area contributed by atoms with E-state index in [1.165, 1.54) is 12.1 Å². The van der Waals surface area contributed by atoms with Crippen molar-refractivity contribution in [3.05, 3.63) is 104 Å². The van der Waals surface area contributed by atoms with Crippen LogP contribution >= 0.6 is 46.2 Å². The predicted molar refractivity (Wildman–Crippen MR) is 205 cm³/mol. The van der Waals surface area contributed by atoms with Gasteiger partial charge in [-0.25, -0.2) is 9.97 Å². The molecule has 3 heterocycles. The third-order valence-corrected chi connectivity index (χ3v) is 11.3. The van der Waals surface area contributed by atoms with Crippen molar-refractivity contribution in [1.29, 1.82) is 0 Å². The van der Waals surface area contributed by atoms with E-state index in [1.54, 1.807) is 22.9 Å². The molecule has 0 aliphatic rings. The zero-order valence-corrected chi connectivity index (χ0v) is 31.6. The van der Waals surface area contributed by atoms with Crippen LogP contribution in [-0.2, 0) is 12.4 Å². The summed E-state index contributed by atoms with van der Waals surface area (Å²) in [6.07, 6.45) is -9.01.